The molecule has 0 aliphatic rings. The second kappa shape index (κ2) is 5.33. The third-order valence-corrected chi connectivity index (χ3v) is 2.71. The fraction of sp³-hybridized carbons (Fsp3) is 0.0833. The zero-order valence-electron chi connectivity index (χ0n) is 9.39. The topological polar surface area (TPSA) is 45.4 Å². The van der Waals surface area contributed by atoms with Crippen molar-refractivity contribution in [2.24, 2.45) is 0 Å². The number of hydrogen-bond donors (Lipinski definition) is 0. The van der Waals surface area contributed by atoms with Gasteiger partial charge in [0.05, 0.1) is 18.2 Å². The maximum atomic E-state index is 11.5. The number of rotatable bonds is 3. The average Bonchev–Trinajstić information content (AvgIpc) is 2.33. The third kappa shape index (κ3) is 2.78. The van der Waals surface area contributed by atoms with Crippen LogP contribution in [0.1, 0.15) is 0 Å². The lowest BCUT2D eigenvalue weighted by atomic mass is 10.3. The van der Waals surface area contributed by atoms with Crippen LogP contribution in [0.15, 0.2) is 36.5 Å². The standard InChI is InChI=1S/C12H9Cl2NO3/c1-17-12-5-3-9(7-15(12)16)18-11-4-2-8(13)6-10(11)14/h2-7H,1H3. The minimum Gasteiger partial charge on any atom is -0.616 e. The molecule has 2 rings (SSSR count). The van der Waals surface area contributed by atoms with E-state index in [9.17, 15) is 5.21 Å². The quantitative estimate of drug-likeness (QED) is 0.641. The number of nitrogens with zero attached hydrogens (tertiary/aromatic N) is 1. The average molecular weight is 286 g/mol. The summed E-state index contributed by atoms with van der Waals surface area (Å²) in [7, 11) is 1.42. The van der Waals surface area contributed by atoms with E-state index in [-0.39, 0.29) is 5.88 Å². The molecule has 1 aromatic carbocycles. The van der Waals surface area contributed by atoms with Crippen LogP contribution in [0.4, 0.5) is 0 Å². The number of halogens is 2. The highest BCUT2D eigenvalue weighted by atomic mass is 35.5. The Balaban J connectivity index is 2.26. The molecule has 0 saturated heterocycles. The van der Waals surface area contributed by atoms with Gasteiger partial charge in [0.25, 0.3) is 0 Å². The van der Waals surface area contributed by atoms with E-state index in [1.54, 1.807) is 24.3 Å². The van der Waals surface area contributed by atoms with Gasteiger partial charge in [-0.15, -0.1) is 4.73 Å². The Morgan fingerprint density at radius 1 is 1.17 bits per heavy atom. The molecular formula is C12H9Cl2NO3. The van der Waals surface area contributed by atoms with E-state index in [1.165, 1.54) is 19.4 Å². The van der Waals surface area contributed by atoms with Crippen LogP contribution in [-0.4, -0.2) is 7.11 Å². The van der Waals surface area contributed by atoms with Gasteiger partial charge in [0.15, 0.2) is 5.75 Å². The molecule has 0 aliphatic heterocycles. The van der Waals surface area contributed by atoms with E-state index < -0.39 is 0 Å². The van der Waals surface area contributed by atoms with E-state index >= 15 is 0 Å². The van der Waals surface area contributed by atoms with Crippen LogP contribution in [0.25, 0.3) is 0 Å². The maximum Gasteiger partial charge on any atom is 0.379 e. The molecule has 0 bridgehead atoms. The number of methoxy groups -OCH3 is 1. The second-order valence-corrected chi connectivity index (χ2v) is 4.25. The van der Waals surface area contributed by atoms with Crippen molar-refractivity contribution >= 4 is 23.2 Å². The van der Waals surface area contributed by atoms with Crippen molar-refractivity contribution in [2.75, 3.05) is 7.11 Å². The van der Waals surface area contributed by atoms with Crippen LogP contribution in [0.2, 0.25) is 10.0 Å². The molecule has 1 aromatic heterocycles. The third-order valence-electron chi connectivity index (χ3n) is 2.18. The Morgan fingerprint density at radius 2 is 1.94 bits per heavy atom. The van der Waals surface area contributed by atoms with E-state index in [0.717, 1.165) is 0 Å². The summed E-state index contributed by atoms with van der Waals surface area (Å²) in [4.78, 5) is 0. The highest BCUT2D eigenvalue weighted by molar-refractivity contribution is 6.35. The lowest BCUT2D eigenvalue weighted by molar-refractivity contribution is -0.612. The van der Waals surface area contributed by atoms with Crippen LogP contribution in [0.3, 0.4) is 0 Å². The summed E-state index contributed by atoms with van der Waals surface area (Å²) in [6, 6.07) is 7.96. The second-order valence-electron chi connectivity index (χ2n) is 3.41. The van der Waals surface area contributed by atoms with Crippen LogP contribution in [0.5, 0.6) is 17.4 Å². The van der Waals surface area contributed by atoms with Crippen molar-refractivity contribution in [2.45, 2.75) is 0 Å². The molecule has 6 heteroatoms. The Bertz CT molecular complexity index is 575. The molecule has 0 N–H and O–H groups in total. The first-order valence-corrected chi connectivity index (χ1v) is 5.76. The fourth-order valence-electron chi connectivity index (χ4n) is 1.35. The van der Waals surface area contributed by atoms with Crippen molar-refractivity contribution in [3.05, 3.63) is 51.8 Å². The first kappa shape index (κ1) is 12.8. The molecule has 4 nitrogen and oxygen atoms in total. The first-order chi connectivity index (χ1) is 8.60. The molecule has 0 saturated carbocycles. The molecule has 94 valence electrons. The van der Waals surface area contributed by atoms with Gasteiger partial charge in [-0.25, -0.2) is 0 Å². The zero-order chi connectivity index (χ0) is 13.1. The predicted molar refractivity (Wildman–Crippen MR) is 68.5 cm³/mol. The zero-order valence-corrected chi connectivity index (χ0v) is 10.9. The van der Waals surface area contributed by atoms with Gasteiger partial charge in [0.1, 0.15) is 5.75 Å². The molecule has 1 heterocycles. The van der Waals surface area contributed by atoms with Gasteiger partial charge < -0.3 is 14.7 Å². The van der Waals surface area contributed by atoms with Gasteiger partial charge in [-0.3, -0.25) is 0 Å². The van der Waals surface area contributed by atoms with Gasteiger partial charge in [-0.05, 0) is 24.3 Å². The normalized spacial score (nSPS) is 10.2. The van der Waals surface area contributed by atoms with Gasteiger partial charge in [0, 0.05) is 5.02 Å². The number of pyridine rings is 1. The number of benzene rings is 1. The monoisotopic (exact) mass is 285 g/mol. The molecular weight excluding hydrogens is 277 g/mol. The molecule has 0 radical (unpaired) electrons. The Labute approximate surface area is 114 Å². The van der Waals surface area contributed by atoms with Gasteiger partial charge in [0.2, 0.25) is 6.20 Å². The summed E-state index contributed by atoms with van der Waals surface area (Å²) in [5.41, 5.74) is 0. The maximum absolute atomic E-state index is 11.5. The summed E-state index contributed by atoms with van der Waals surface area (Å²) in [5.74, 6) is 0.964. The summed E-state index contributed by atoms with van der Waals surface area (Å²) in [6.45, 7) is 0. The van der Waals surface area contributed by atoms with E-state index in [1.807, 2.05) is 0 Å². The molecule has 0 amide bonds. The number of aromatic nitrogens is 1. The van der Waals surface area contributed by atoms with Crippen molar-refractivity contribution in [3.8, 4) is 17.4 Å². The molecule has 2 aromatic rings. The molecule has 0 spiro atoms. The largest absolute Gasteiger partial charge is 0.616 e. The van der Waals surface area contributed by atoms with Crippen molar-refractivity contribution < 1.29 is 14.2 Å². The van der Waals surface area contributed by atoms with Crippen LogP contribution in [0, 0.1) is 5.21 Å². The van der Waals surface area contributed by atoms with Crippen molar-refractivity contribution in [3.63, 3.8) is 0 Å². The van der Waals surface area contributed by atoms with E-state index in [4.69, 9.17) is 32.7 Å². The molecule has 18 heavy (non-hydrogen) atoms. The first-order valence-electron chi connectivity index (χ1n) is 5.00. The Morgan fingerprint density at radius 3 is 2.56 bits per heavy atom. The summed E-state index contributed by atoms with van der Waals surface area (Å²) in [5, 5.41) is 12.3. The summed E-state index contributed by atoms with van der Waals surface area (Å²) < 4.78 is 10.9. The Kier molecular flexibility index (Phi) is 3.79. The van der Waals surface area contributed by atoms with Crippen LogP contribution in [-0.2, 0) is 0 Å². The van der Waals surface area contributed by atoms with Crippen LogP contribution >= 0.6 is 23.2 Å². The SMILES string of the molecule is COc1ccc(Oc2ccc(Cl)cc2Cl)c[n+]1[O-]. The van der Waals surface area contributed by atoms with Crippen molar-refractivity contribution in [1.29, 1.82) is 0 Å². The smallest absolute Gasteiger partial charge is 0.379 e. The summed E-state index contributed by atoms with van der Waals surface area (Å²) in [6.07, 6.45) is 1.25. The van der Waals surface area contributed by atoms with Gasteiger partial charge in [-0.2, -0.15) is 0 Å². The van der Waals surface area contributed by atoms with Crippen molar-refractivity contribution in [1.82, 2.24) is 0 Å². The lowest BCUT2D eigenvalue weighted by Crippen LogP contribution is -2.27. The highest BCUT2D eigenvalue weighted by Crippen LogP contribution is 2.31. The molecule has 0 atom stereocenters. The van der Waals surface area contributed by atoms with Crippen LogP contribution < -0.4 is 14.2 Å². The minimum absolute atomic E-state index is 0.185. The number of hydrogen-bond acceptors (Lipinski definition) is 3. The molecule has 0 unspecified atom stereocenters. The predicted octanol–water partition coefficient (Wildman–Crippen LogP) is 3.43. The molecule has 0 aliphatic carbocycles. The summed E-state index contributed by atoms with van der Waals surface area (Å²) >= 11 is 11.7. The Hall–Kier alpha value is -1.65. The van der Waals surface area contributed by atoms with E-state index in [0.29, 0.717) is 26.3 Å². The van der Waals surface area contributed by atoms with E-state index in [2.05, 4.69) is 0 Å². The fourth-order valence-corrected chi connectivity index (χ4v) is 1.80. The van der Waals surface area contributed by atoms with Gasteiger partial charge >= 0.3 is 5.88 Å². The molecule has 0 fully saturated rings. The van der Waals surface area contributed by atoms with Gasteiger partial charge in [-0.1, -0.05) is 23.2 Å². The highest BCUT2D eigenvalue weighted by Gasteiger charge is 2.09. The minimum atomic E-state index is 0.185. The number of ether oxygens (including phenoxy) is 2. The lowest BCUT2D eigenvalue weighted by Gasteiger charge is -2.08.